The van der Waals surface area contributed by atoms with Gasteiger partial charge in [0.15, 0.2) is 5.78 Å². The van der Waals surface area contributed by atoms with Gasteiger partial charge in [0.05, 0.1) is 5.54 Å². The van der Waals surface area contributed by atoms with E-state index >= 15 is 0 Å². The molecule has 0 aromatic carbocycles. The number of rotatable bonds is 4. The van der Waals surface area contributed by atoms with Crippen LogP contribution in [0.5, 0.6) is 0 Å². The maximum absolute atomic E-state index is 12.0. The Bertz CT molecular complexity index is 202. The zero-order valence-electron chi connectivity index (χ0n) is 8.44. The molecule has 1 heterocycles. The molecule has 2 nitrogen and oxygen atoms in total. The van der Waals surface area contributed by atoms with Crippen molar-refractivity contribution in [1.82, 2.24) is 5.32 Å². The molecular formula is C11H19NO. The zero-order chi connectivity index (χ0) is 9.31. The van der Waals surface area contributed by atoms with Gasteiger partial charge in [-0.15, -0.1) is 0 Å². The van der Waals surface area contributed by atoms with Gasteiger partial charge < -0.3 is 5.32 Å². The molecule has 1 saturated heterocycles. The van der Waals surface area contributed by atoms with Gasteiger partial charge in [-0.05, 0) is 44.6 Å². The minimum Gasteiger partial charge on any atom is -0.305 e. The summed E-state index contributed by atoms with van der Waals surface area (Å²) in [5.41, 5.74) is -0.122. The van der Waals surface area contributed by atoms with Crippen molar-refractivity contribution in [2.45, 2.75) is 51.0 Å². The molecular weight excluding hydrogens is 162 g/mol. The lowest BCUT2D eigenvalue weighted by Gasteiger charge is -2.26. The Balaban J connectivity index is 1.96. The van der Waals surface area contributed by atoms with Crippen molar-refractivity contribution in [3.63, 3.8) is 0 Å². The van der Waals surface area contributed by atoms with Gasteiger partial charge in [-0.25, -0.2) is 0 Å². The molecule has 2 rings (SSSR count). The van der Waals surface area contributed by atoms with E-state index in [1.165, 1.54) is 19.3 Å². The maximum atomic E-state index is 12.0. The molecule has 0 aromatic heterocycles. The molecule has 1 aliphatic heterocycles. The first-order valence-electron chi connectivity index (χ1n) is 5.55. The highest BCUT2D eigenvalue weighted by atomic mass is 16.1. The Hall–Kier alpha value is -0.370. The van der Waals surface area contributed by atoms with Crippen LogP contribution >= 0.6 is 0 Å². The molecule has 1 N–H and O–H groups in total. The average molecular weight is 181 g/mol. The highest BCUT2D eigenvalue weighted by Gasteiger charge is 2.40. The Kier molecular flexibility index (Phi) is 2.41. The molecule has 2 aliphatic rings. The number of hydrogen-bond donors (Lipinski definition) is 1. The van der Waals surface area contributed by atoms with Crippen LogP contribution in [0.3, 0.4) is 0 Å². The lowest BCUT2D eigenvalue weighted by Crippen LogP contribution is -2.47. The largest absolute Gasteiger partial charge is 0.305 e. The second kappa shape index (κ2) is 3.41. The van der Waals surface area contributed by atoms with E-state index in [2.05, 4.69) is 12.2 Å². The molecule has 2 heteroatoms. The van der Waals surface area contributed by atoms with E-state index < -0.39 is 0 Å². The number of hydrogen-bond acceptors (Lipinski definition) is 2. The third-order valence-electron chi connectivity index (χ3n) is 3.55. The van der Waals surface area contributed by atoms with E-state index in [4.69, 9.17) is 0 Å². The highest BCUT2D eigenvalue weighted by Crippen LogP contribution is 2.36. The SMILES string of the molecule is CCC1(C(=O)CC2CC2)CCCN1. The van der Waals surface area contributed by atoms with E-state index in [1.807, 2.05) is 0 Å². The first-order valence-corrected chi connectivity index (χ1v) is 5.55. The van der Waals surface area contributed by atoms with E-state index in [0.29, 0.717) is 5.78 Å². The fourth-order valence-corrected chi connectivity index (χ4v) is 2.32. The summed E-state index contributed by atoms with van der Waals surface area (Å²) in [5, 5.41) is 3.40. The number of ketones is 1. The van der Waals surface area contributed by atoms with Crippen molar-refractivity contribution in [3.8, 4) is 0 Å². The van der Waals surface area contributed by atoms with Crippen LogP contribution in [0.4, 0.5) is 0 Å². The van der Waals surface area contributed by atoms with Gasteiger partial charge >= 0.3 is 0 Å². The Labute approximate surface area is 80.1 Å². The Morgan fingerprint density at radius 2 is 2.31 bits per heavy atom. The number of Topliss-reactive ketones (excluding diaryl/α,β-unsaturated/α-hetero) is 1. The molecule has 0 amide bonds. The maximum Gasteiger partial charge on any atom is 0.153 e. The Morgan fingerprint density at radius 1 is 1.54 bits per heavy atom. The van der Waals surface area contributed by atoms with E-state index in [1.54, 1.807) is 0 Å². The predicted octanol–water partition coefficient (Wildman–Crippen LogP) is 1.89. The van der Waals surface area contributed by atoms with Crippen LogP contribution in [0.2, 0.25) is 0 Å². The van der Waals surface area contributed by atoms with Crippen molar-refractivity contribution in [2.24, 2.45) is 5.92 Å². The summed E-state index contributed by atoms with van der Waals surface area (Å²) in [6.07, 6.45) is 6.61. The number of carbonyl (C=O) groups is 1. The first-order chi connectivity index (χ1) is 6.27. The van der Waals surface area contributed by atoms with E-state index in [9.17, 15) is 4.79 Å². The predicted molar refractivity (Wildman–Crippen MR) is 52.6 cm³/mol. The lowest BCUT2D eigenvalue weighted by molar-refractivity contribution is -0.125. The fourth-order valence-electron chi connectivity index (χ4n) is 2.32. The molecule has 0 spiro atoms. The summed E-state index contributed by atoms with van der Waals surface area (Å²) in [4.78, 5) is 12.0. The van der Waals surface area contributed by atoms with Gasteiger partial charge in [-0.3, -0.25) is 4.79 Å². The molecule has 1 atom stereocenters. The summed E-state index contributed by atoms with van der Waals surface area (Å²) >= 11 is 0. The van der Waals surface area contributed by atoms with Crippen molar-refractivity contribution < 1.29 is 4.79 Å². The van der Waals surface area contributed by atoms with E-state index in [0.717, 1.165) is 31.7 Å². The molecule has 0 aromatic rings. The van der Waals surface area contributed by atoms with Gasteiger partial charge in [0.2, 0.25) is 0 Å². The minimum absolute atomic E-state index is 0.122. The number of nitrogens with one attached hydrogen (secondary N) is 1. The molecule has 2 fully saturated rings. The molecule has 0 radical (unpaired) electrons. The summed E-state index contributed by atoms with van der Waals surface area (Å²) in [7, 11) is 0. The molecule has 0 bridgehead atoms. The van der Waals surface area contributed by atoms with Crippen LogP contribution in [0, 0.1) is 5.92 Å². The molecule has 74 valence electrons. The van der Waals surface area contributed by atoms with Crippen LogP contribution in [0.25, 0.3) is 0 Å². The van der Waals surface area contributed by atoms with Crippen LogP contribution in [-0.4, -0.2) is 17.9 Å². The standard InChI is InChI=1S/C11H19NO/c1-2-11(6-3-7-12-11)10(13)8-9-4-5-9/h9,12H,2-8H2,1H3. The smallest absolute Gasteiger partial charge is 0.153 e. The summed E-state index contributed by atoms with van der Waals surface area (Å²) < 4.78 is 0. The zero-order valence-corrected chi connectivity index (χ0v) is 8.44. The van der Waals surface area contributed by atoms with Crippen LogP contribution in [-0.2, 0) is 4.79 Å². The van der Waals surface area contributed by atoms with Crippen molar-refractivity contribution in [3.05, 3.63) is 0 Å². The molecule has 13 heavy (non-hydrogen) atoms. The first kappa shape index (κ1) is 9.20. The minimum atomic E-state index is -0.122. The second-order valence-corrected chi connectivity index (χ2v) is 4.54. The normalized spacial score (nSPS) is 33.6. The topological polar surface area (TPSA) is 29.1 Å². The highest BCUT2D eigenvalue weighted by molar-refractivity contribution is 5.89. The molecule has 1 saturated carbocycles. The van der Waals surface area contributed by atoms with Gasteiger partial charge in [-0.1, -0.05) is 6.92 Å². The van der Waals surface area contributed by atoms with Crippen LogP contribution in [0.1, 0.15) is 45.4 Å². The molecule has 1 unspecified atom stereocenters. The quantitative estimate of drug-likeness (QED) is 0.717. The van der Waals surface area contributed by atoms with Gasteiger partial charge in [0.1, 0.15) is 0 Å². The lowest BCUT2D eigenvalue weighted by atomic mass is 9.86. The van der Waals surface area contributed by atoms with Crippen molar-refractivity contribution in [1.29, 1.82) is 0 Å². The van der Waals surface area contributed by atoms with Gasteiger partial charge in [0, 0.05) is 6.42 Å². The van der Waals surface area contributed by atoms with Crippen molar-refractivity contribution >= 4 is 5.78 Å². The third kappa shape index (κ3) is 1.78. The summed E-state index contributed by atoms with van der Waals surface area (Å²) in [6, 6.07) is 0. The average Bonchev–Trinajstić information content (AvgIpc) is 2.83. The fraction of sp³-hybridized carbons (Fsp3) is 0.909. The monoisotopic (exact) mass is 181 g/mol. The summed E-state index contributed by atoms with van der Waals surface area (Å²) in [5.74, 6) is 1.22. The van der Waals surface area contributed by atoms with Crippen LogP contribution in [0.15, 0.2) is 0 Å². The third-order valence-corrected chi connectivity index (χ3v) is 3.55. The summed E-state index contributed by atoms with van der Waals surface area (Å²) in [6.45, 7) is 3.16. The van der Waals surface area contributed by atoms with Crippen molar-refractivity contribution in [2.75, 3.05) is 6.54 Å². The molecule has 1 aliphatic carbocycles. The van der Waals surface area contributed by atoms with E-state index in [-0.39, 0.29) is 5.54 Å². The Morgan fingerprint density at radius 3 is 2.77 bits per heavy atom. The second-order valence-electron chi connectivity index (χ2n) is 4.54. The van der Waals surface area contributed by atoms with Gasteiger partial charge in [0.25, 0.3) is 0 Å². The van der Waals surface area contributed by atoms with Gasteiger partial charge in [-0.2, -0.15) is 0 Å². The van der Waals surface area contributed by atoms with Crippen LogP contribution < -0.4 is 5.32 Å². The number of carbonyl (C=O) groups excluding carboxylic acids is 1.